The van der Waals surface area contributed by atoms with Gasteiger partial charge in [0.2, 0.25) is 0 Å². The summed E-state index contributed by atoms with van der Waals surface area (Å²) >= 11 is 5.68. The van der Waals surface area contributed by atoms with Crippen molar-refractivity contribution >= 4 is 28.9 Å². The van der Waals surface area contributed by atoms with Gasteiger partial charge in [0.25, 0.3) is 5.69 Å². The second kappa shape index (κ2) is 6.23. The zero-order chi connectivity index (χ0) is 15.6. The summed E-state index contributed by atoms with van der Waals surface area (Å²) in [5.74, 6) is -1.89. The second-order valence-corrected chi connectivity index (χ2v) is 4.96. The third kappa shape index (κ3) is 3.59. The molecule has 1 heterocycles. The first-order valence-corrected chi connectivity index (χ1v) is 6.48. The van der Waals surface area contributed by atoms with E-state index >= 15 is 0 Å². The number of nitrogens with zero attached hydrogens (tertiary/aromatic N) is 2. The van der Waals surface area contributed by atoms with Crippen LogP contribution in [0.3, 0.4) is 0 Å². The lowest BCUT2D eigenvalue weighted by Crippen LogP contribution is -2.43. The van der Waals surface area contributed by atoms with Crippen molar-refractivity contribution in [2.24, 2.45) is 0 Å². The molecule has 1 unspecified atom stereocenters. The van der Waals surface area contributed by atoms with Crippen LogP contribution in [-0.2, 0) is 9.53 Å². The van der Waals surface area contributed by atoms with E-state index in [1.165, 1.54) is 6.07 Å². The van der Waals surface area contributed by atoms with Gasteiger partial charge in [-0.15, -0.1) is 0 Å². The molecule has 21 heavy (non-hydrogen) atoms. The van der Waals surface area contributed by atoms with Crippen LogP contribution in [0.2, 0.25) is 5.02 Å². The van der Waals surface area contributed by atoms with Crippen molar-refractivity contribution < 1.29 is 24.0 Å². The quantitative estimate of drug-likeness (QED) is 0.674. The molecule has 1 N–H and O–H groups in total. The average molecular weight is 319 g/mol. The van der Waals surface area contributed by atoms with E-state index in [1.54, 1.807) is 4.90 Å². The molecule has 0 amide bonds. The summed E-state index contributed by atoms with van der Waals surface area (Å²) in [4.78, 5) is 22.6. The molecule has 0 aromatic heterocycles. The van der Waals surface area contributed by atoms with Crippen LogP contribution in [0.4, 0.5) is 15.8 Å². The maximum atomic E-state index is 13.4. The molecule has 1 aliphatic heterocycles. The fourth-order valence-electron chi connectivity index (χ4n) is 2.18. The molecule has 7 nitrogen and oxygen atoms in total. The highest BCUT2D eigenvalue weighted by molar-refractivity contribution is 6.31. The topological polar surface area (TPSA) is 92.9 Å². The molecule has 9 heteroatoms. The second-order valence-electron chi connectivity index (χ2n) is 4.55. The normalized spacial score (nSPS) is 18.6. The molecule has 0 radical (unpaired) electrons. The Kier molecular flexibility index (Phi) is 4.59. The molecule has 0 aliphatic carbocycles. The Morgan fingerprint density at radius 2 is 2.33 bits per heavy atom. The molecule has 1 aromatic carbocycles. The maximum absolute atomic E-state index is 13.4. The smallest absolute Gasteiger partial charge is 0.306 e. The minimum atomic E-state index is -1.02. The summed E-state index contributed by atoms with van der Waals surface area (Å²) in [5.41, 5.74) is -0.252. The van der Waals surface area contributed by atoms with Crippen LogP contribution in [0, 0.1) is 15.9 Å². The Balaban J connectivity index is 2.30. The first kappa shape index (κ1) is 15.5. The van der Waals surface area contributed by atoms with Crippen molar-refractivity contribution in [3.63, 3.8) is 0 Å². The van der Waals surface area contributed by atoms with Crippen molar-refractivity contribution in [2.75, 3.05) is 24.6 Å². The number of ether oxygens (including phenoxy) is 1. The molecule has 1 aliphatic rings. The van der Waals surface area contributed by atoms with E-state index in [2.05, 4.69) is 0 Å². The maximum Gasteiger partial charge on any atom is 0.306 e. The van der Waals surface area contributed by atoms with Gasteiger partial charge >= 0.3 is 5.97 Å². The minimum Gasteiger partial charge on any atom is -0.481 e. The number of carboxylic acid groups (broad SMARTS) is 1. The van der Waals surface area contributed by atoms with E-state index in [1.807, 2.05) is 0 Å². The van der Waals surface area contributed by atoms with Gasteiger partial charge in [-0.3, -0.25) is 14.9 Å². The number of halogens is 2. The predicted octanol–water partition coefficient (Wildman–Crippen LogP) is 2.07. The van der Waals surface area contributed by atoms with Crippen molar-refractivity contribution in [2.45, 2.75) is 12.5 Å². The molecule has 114 valence electrons. The Hall–Kier alpha value is -1.93. The Morgan fingerprint density at radius 3 is 2.95 bits per heavy atom. The van der Waals surface area contributed by atoms with Crippen LogP contribution in [0.1, 0.15) is 6.42 Å². The van der Waals surface area contributed by atoms with Crippen LogP contribution in [0.25, 0.3) is 0 Å². The highest BCUT2D eigenvalue weighted by Gasteiger charge is 2.28. The predicted molar refractivity (Wildman–Crippen MR) is 72.3 cm³/mol. The molecule has 0 saturated carbocycles. The van der Waals surface area contributed by atoms with Gasteiger partial charge in [0.15, 0.2) is 0 Å². The number of hydrogen-bond donors (Lipinski definition) is 1. The first-order chi connectivity index (χ1) is 9.88. The highest BCUT2D eigenvalue weighted by atomic mass is 35.5. The largest absolute Gasteiger partial charge is 0.481 e. The van der Waals surface area contributed by atoms with Crippen molar-refractivity contribution in [3.8, 4) is 0 Å². The van der Waals surface area contributed by atoms with Gasteiger partial charge in [0.1, 0.15) is 11.5 Å². The summed E-state index contributed by atoms with van der Waals surface area (Å²) in [6.07, 6.45) is -0.793. The number of nitro groups is 1. The molecule has 0 spiro atoms. The number of morpholine rings is 1. The Labute approximate surface area is 124 Å². The molecule has 1 saturated heterocycles. The van der Waals surface area contributed by atoms with Gasteiger partial charge in [-0.2, -0.15) is 0 Å². The fourth-order valence-corrected chi connectivity index (χ4v) is 2.34. The Bertz CT molecular complexity index is 583. The number of carbonyl (C=O) groups is 1. The number of hydrogen-bond acceptors (Lipinski definition) is 5. The number of carboxylic acids is 1. The van der Waals surface area contributed by atoms with Crippen LogP contribution >= 0.6 is 11.6 Å². The van der Waals surface area contributed by atoms with Gasteiger partial charge in [-0.25, -0.2) is 4.39 Å². The van der Waals surface area contributed by atoms with Gasteiger partial charge in [0.05, 0.1) is 35.1 Å². The highest BCUT2D eigenvalue weighted by Crippen LogP contribution is 2.34. The van der Waals surface area contributed by atoms with Gasteiger partial charge in [-0.05, 0) is 6.07 Å². The van der Waals surface area contributed by atoms with E-state index in [9.17, 15) is 19.3 Å². The molecule has 1 atom stereocenters. The standard InChI is InChI=1S/C12H12ClFN2O5/c13-8-4-10(11(16(19)20)5-9(8)14)15-1-2-21-7(6-15)3-12(17)18/h4-5,7H,1-3,6H2,(H,17,18). The summed E-state index contributed by atoms with van der Waals surface area (Å²) < 4.78 is 18.7. The van der Waals surface area contributed by atoms with Gasteiger partial charge in [-0.1, -0.05) is 11.6 Å². The molecular weight excluding hydrogens is 307 g/mol. The average Bonchev–Trinajstić information content (AvgIpc) is 2.40. The molecule has 1 aromatic rings. The number of nitro benzene ring substituents is 1. The first-order valence-electron chi connectivity index (χ1n) is 6.10. The lowest BCUT2D eigenvalue weighted by atomic mass is 10.1. The summed E-state index contributed by atoms with van der Waals surface area (Å²) in [6, 6.07) is 1.94. The van der Waals surface area contributed by atoms with E-state index < -0.39 is 28.5 Å². The molecule has 1 fully saturated rings. The zero-order valence-electron chi connectivity index (χ0n) is 10.8. The fraction of sp³-hybridized carbons (Fsp3) is 0.417. The number of anilines is 1. The lowest BCUT2D eigenvalue weighted by Gasteiger charge is -2.33. The van der Waals surface area contributed by atoms with Crippen LogP contribution < -0.4 is 4.90 Å². The molecule has 0 bridgehead atoms. The van der Waals surface area contributed by atoms with E-state index in [0.717, 1.165) is 6.07 Å². The minimum absolute atomic E-state index is 0.157. The van der Waals surface area contributed by atoms with E-state index in [0.29, 0.717) is 6.54 Å². The zero-order valence-corrected chi connectivity index (χ0v) is 11.5. The van der Waals surface area contributed by atoms with Crippen LogP contribution in [-0.4, -0.2) is 41.8 Å². The number of aliphatic carboxylic acids is 1. The van der Waals surface area contributed by atoms with Crippen molar-refractivity contribution in [3.05, 3.63) is 33.1 Å². The van der Waals surface area contributed by atoms with E-state index in [4.69, 9.17) is 21.4 Å². The van der Waals surface area contributed by atoms with Crippen molar-refractivity contribution in [1.29, 1.82) is 0 Å². The summed E-state index contributed by atoms with van der Waals surface area (Å²) in [5, 5.41) is 19.6. The lowest BCUT2D eigenvalue weighted by molar-refractivity contribution is -0.384. The van der Waals surface area contributed by atoms with Crippen LogP contribution in [0.15, 0.2) is 12.1 Å². The molecule has 2 rings (SSSR count). The summed E-state index contributed by atoms with van der Waals surface area (Å²) in [7, 11) is 0. The third-order valence-corrected chi connectivity index (χ3v) is 3.39. The van der Waals surface area contributed by atoms with Gasteiger partial charge < -0.3 is 14.7 Å². The molecular formula is C12H12ClFN2O5. The van der Waals surface area contributed by atoms with Crippen molar-refractivity contribution in [1.82, 2.24) is 0 Å². The Morgan fingerprint density at radius 1 is 1.62 bits per heavy atom. The monoisotopic (exact) mass is 318 g/mol. The number of benzene rings is 1. The van der Waals surface area contributed by atoms with Crippen LogP contribution in [0.5, 0.6) is 0 Å². The summed E-state index contributed by atoms with van der Waals surface area (Å²) in [6.45, 7) is 0.720. The van der Waals surface area contributed by atoms with Gasteiger partial charge in [0, 0.05) is 13.1 Å². The third-order valence-electron chi connectivity index (χ3n) is 3.10. The SMILES string of the molecule is O=C(O)CC1CN(c2cc(Cl)c(F)cc2[N+](=O)[O-])CCO1. The number of rotatable bonds is 4. The van der Waals surface area contributed by atoms with E-state index in [-0.39, 0.29) is 30.3 Å².